The molecule has 12 heteroatoms. The summed E-state index contributed by atoms with van der Waals surface area (Å²) in [6.45, 7) is 3.07. The number of aromatic nitrogens is 1. The Hall–Kier alpha value is -4.32. The zero-order valence-electron chi connectivity index (χ0n) is 20.3. The molecular weight excluding hydrogens is 491 g/mol. The number of amides is 3. The molecule has 196 valence electrons. The smallest absolute Gasteiger partial charge is 0.421 e. The van der Waals surface area contributed by atoms with Crippen molar-refractivity contribution in [3.63, 3.8) is 0 Å². The third-order valence-corrected chi connectivity index (χ3v) is 4.70. The number of carbonyl (C=O) groups is 2. The largest absolute Gasteiger partial charge is 0.491 e. The van der Waals surface area contributed by atoms with Crippen LogP contribution in [-0.2, 0) is 6.18 Å². The van der Waals surface area contributed by atoms with Gasteiger partial charge in [-0.2, -0.15) is 13.2 Å². The molecule has 37 heavy (non-hydrogen) atoms. The van der Waals surface area contributed by atoms with Gasteiger partial charge in [-0.15, -0.1) is 0 Å². The Morgan fingerprint density at radius 3 is 2.32 bits per heavy atom. The fraction of sp³-hybridized carbons (Fsp3) is 0.240. The Kier molecular flexibility index (Phi) is 8.23. The lowest BCUT2D eigenvalue weighted by Crippen LogP contribution is -2.39. The summed E-state index contributed by atoms with van der Waals surface area (Å²) >= 11 is 0. The van der Waals surface area contributed by atoms with Crippen LogP contribution in [0.2, 0.25) is 0 Å². The lowest BCUT2D eigenvalue weighted by Gasteiger charge is -2.22. The number of ether oxygens (including phenoxy) is 2. The monoisotopic (exact) mass is 517 g/mol. The number of anilines is 2. The SMILES string of the molecule is CNC(=O)c1cc(Oc2ccc(NC(=O)Nc3cccc(OCC(C)(C)N)c3C(F)(F)F)cc2)ccn1. The average molecular weight is 518 g/mol. The van der Waals surface area contributed by atoms with Crippen molar-refractivity contribution in [2.24, 2.45) is 5.73 Å². The summed E-state index contributed by atoms with van der Waals surface area (Å²) in [5.41, 5.74) is 3.84. The molecule has 1 aromatic heterocycles. The maximum absolute atomic E-state index is 13.8. The quantitative estimate of drug-likeness (QED) is 0.333. The van der Waals surface area contributed by atoms with Gasteiger partial charge in [0.25, 0.3) is 5.91 Å². The summed E-state index contributed by atoms with van der Waals surface area (Å²) in [7, 11) is 1.48. The number of benzene rings is 2. The predicted octanol–water partition coefficient (Wildman–Crippen LogP) is 5.01. The number of carbonyl (C=O) groups excluding carboxylic acids is 2. The van der Waals surface area contributed by atoms with Crippen molar-refractivity contribution in [2.75, 3.05) is 24.3 Å². The van der Waals surface area contributed by atoms with Gasteiger partial charge >= 0.3 is 12.2 Å². The molecule has 0 atom stereocenters. The number of halogens is 3. The maximum atomic E-state index is 13.8. The van der Waals surface area contributed by atoms with E-state index in [1.165, 1.54) is 37.5 Å². The van der Waals surface area contributed by atoms with Crippen molar-refractivity contribution < 1.29 is 32.2 Å². The van der Waals surface area contributed by atoms with E-state index in [-0.39, 0.29) is 18.2 Å². The minimum Gasteiger partial charge on any atom is -0.491 e. The summed E-state index contributed by atoms with van der Waals surface area (Å²) in [6.07, 6.45) is -3.37. The Bertz CT molecular complexity index is 1260. The van der Waals surface area contributed by atoms with Crippen LogP contribution >= 0.6 is 0 Å². The lowest BCUT2D eigenvalue weighted by molar-refractivity contribution is -0.138. The molecule has 3 aromatic rings. The van der Waals surface area contributed by atoms with Crippen LogP contribution in [0.15, 0.2) is 60.8 Å². The van der Waals surface area contributed by atoms with Crippen molar-refractivity contribution in [1.29, 1.82) is 0 Å². The molecule has 5 N–H and O–H groups in total. The van der Waals surface area contributed by atoms with E-state index in [4.69, 9.17) is 15.2 Å². The van der Waals surface area contributed by atoms with Crippen molar-refractivity contribution in [3.05, 3.63) is 72.1 Å². The van der Waals surface area contributed by atoms with Gasteiger partial charge in [0.2, 0.25) is 0 Å². The molecule has 0 unspecified atom stereocenters. The minimum atomic E-state index is -4.79. The van der Waals surface area contributed by atoms with Gasteiger partial charge < -0.3 is 31.2 Å². The van der Waals surface area contributed by atoms with E-state index in [0.717, 1.165) is 12.1 Å². The molecule has 3 amide bonds. The first-order chi connectivity index (χ1) is 17.4. The number of rotatable bonds is 8. The first-order valence-corrected chi connectivity index (χ1v) is 11.0. The molecule has 0 spiro atoms. The van der Waals surface area contributed by atoms with E-state index in [1.807, 2.05) is 0 Å². The fourth-order valence-electron chi connectivity index (χ4n) is 3.07. The fourth-order valence-corrected chi connectivity index (χ4v) is 3.07. The highest BCUT2D eigenvalue weighted by Crippen LogP contribution is 2.41. The minimum absolute atomic E-state index is 0.160. The van der Waals surface area contributed by atoms with Crippen LogP contribution in [0.5, 0.6) is 17.2 Å². The Labute approximate surface area is 211 Å². The number of alkyl halides is 3. The van der Waals surface area contributed by atoms with Gasteiger partial charge in [0.1, 0.15) is 35.1 Å². The second kappa shape index (κ2) is 11.2. The number of nitrogens with one attached hydrogen (secondary N) is 3. The van der Waals surface area contributed by atoms with Crippen molar-refractivity contribution >= 4 is 23.3 Å². The second-order valence-corrected chi connectivity index (χ2v) is 8.62. The number of nitrogens with two attached hydrogens (primary N) is 1. The number of hydrogen-bond acceptors (Lipinski definition) is 6. The van der Waals surface area contributed by atoms with Crippen molar-refractivity contribution in [1.82, 2.24) is 10.3 Å². The van der Waals surface area contributed by atoms with Crippen LogP contribution in [0.1, 0.15) is 29.9 Å². The van der Waals surface area contributed by atoms with Gasteiger partial charge in [0.05, 0.1) is 5.69 Å². The maximum Gasteiger partial charge on any atom is 0.421 e. The van der Waals surface area contributed by atoms with E-state index in [0.29, 0.717) is 17.2 Å². The zero-order valence-corrected chi connectivity index (χ0v) is 20.3. The molecule has 0 radical (unpaired) electrons. The van der Waals surface area contributed by atoms with Crippen LogP contribution < -0.4 is 31.2 Å². The highest BCUT2D eigenvalue weighted by molar-refractivity contribution is 6.00. The van der Waals surface area contributed by atoms with Gasteiger partial charge in [-0.3, -0.25) is 9.78 Å². The van der Waals surface area contributed by atoms with Gasteiger partial charge in [0.15, 0.2) is 0 Å². The normalized spacial score (nSPS) is 11.4. The van der Waals surface area contributed by atoms with E-state index < -0.39 is 34.7 Å². The molecule has 0 saturated heterocycles. The third-order valence-electron chi connectivity index (χ3n) is 4.70. The first kappa shape index (κ1) is 27.3. The molecular formula is C25H26F3N5O4. The number of nitrogens with zero attached hydrogens (tertiary/aromatic N) is 1. The van der Waals surface area contributed by atoms with Crippen LogP contribution in [0.3, 0.4) is 0 Å². The number of urea groups is 1. The summed E-state index contributed by atoms with van der Waals surface area (Å²) in [5, 5.41) is 7.16. The average Bonchev–Trinajstić information content (AvgIpc) is 2.82. The Morgan fingerprint density at radius 2 is 1.70 bits per heavy atom. The molecule has 0 saturated carbocycles. The molecule has 3 rings (SSSR count). The molecule has 0 bridgehead atoms. The second-order valence-electron chi connectivity index (χ2n) is 8.62. The molecule has 0 aliphatic rings. The van der Waals surface area contributed by atoms with Gasteiger partial charge in [0, 0.05) is 30.5 Å². The molecule has 9 nitrogen and oxygen atoms in total. The highest BCUT2D eigenvalue weighted by atomic mass is 19.4. The Balaban J connectivity index is 1.69. The molecule has 0 aliphatic heterocycles. The van der Waals surface area contributed by atoms with Crippen LogP contribution in [0.25, 0.3) is 0 Å². The van der Waals surface area contributed by atoms with Gasteiger partial charge in [-0.1, -0.05) is 6.07 Å². The standard InChI is InChI=1S/C25H26F3N5O4/c1-24(2,29)14-36-20-6-4-5-18(21(20)25(26,27)28)33-23(35)32-15-7-9-16(10-8-15)37-17-11-12-31-19(13-17)22(34)30-3/h4-13H,14,29H2,1-3H3,(H,30,34)(H2,32,33,35). The molecule has 2 aromatic carbocycles. The van der Waals surface area contributed by atoms with Gasteiger partial charge in [-0.25, -0.2) is 4.79 Å². The summed E-state index contributed by atoms with van der Waals surface area (Å²) in [5.74, 6) is -0.0510. The molecule has 1 heterocycles. The number of pyridine rings is 1. The summed E-state index contributed by atoms with van der Waals surface area (Å²) in [6, 6.07) is 11.9. The summed E-state index contributed by atoms with van der Waals surface area (Å²) in [4.78, 5) is 28.1. The van der Waals surface area contributed by atoms with Crippen molar-refractivity contribution in [2.45, 2.75) is 25.6 Å². The molecule has 0 fully saturated rings. The molecule has 0 aliphatic carbocycles. The Morgan fingerprint density at radius 1 is 1.00 bits per heavy atom. The topological polar surface area (TPSA) is 128 Å². The van der Waals surface area contributed by atoms with Gasteiger partial charge in [-0.05, 0) is 56.3 Å². The highest BCUT2D eigenvalue weighted by Gasteiger charge is 2.38. The number of hydrogen-bond donors (Lipinski definition) is 4. The van der Waals surface area contributed by atoms with Crippen LogP contribution in [0, 0.1) is 0 Å². The van der Waals surface area contributed by atoms with Crippen LogP contribution in [-0.4, -0.2) is 36.1 Å². The van der Waals surface area contributed by atoms with E-state index >= 15 is 0 Å². The predicted molar refractivity (Wildman–Crippen MR) is 132 cm³/mol. The van der Waals surface area contributed by atoms with Crippen LogP contribution in [0.4, 0.5) is 29.3 Å². The zero-order chi connectivity index (χ0) is 27.2. The van der Waals surface area contributed by atoms with E-state index in [2.05, 4.69) is 20.9 Å². The van der Waals surface area contributed by atoms with E-state index in [1.54, 1.807) is 32.0 Å². The third kappa shape index (κ3) is 7.84. The summed E-state index contributed by atoms with van der Waals surface area (Å²) < 4.78 is 52.4. The van der Waals surface area contributed by atoms with E-state index in [9.17, 15) is 22.8 Å². The lowest BCUT2D eigenvalue weighted by atomic mass is 10.1. The first-order valence-electron chi connectivity index (χ1n) is 11.0. The van der Waals surface area contributed by atoms with Crippen molar-refractivity contribution in [3.8, 4) is 17.2 Å².